The molecule has 1 rings (SSSR count). The highest BCUT2D eigenvalue weighted by atomic mass is 19.1. The summed E-state index contributed by atoms with van der Waals surface area (Å²) >= 11 is 0. The molecule has 0 atom stereocenters. The summed E-state index contributed by atoms with van der Waals surface area (Å²) in [5, 5.41) is 0. The smallest absolute Gasteiger partial charge is 0.125 e. The second kappa shape index (κ2) is 7.49. The Kier molecular flexibility index (Phi) is 6.29. The fourth-order valence-corrected chi connectivity index (χ4v) is 2.62. The van der Waals surface area contributed by atoms with Crippen LogP contribution in [0.1, 0.15) is 46.1 Å². The van der Waals surface area contributed by atoms with Crippen LogP contribution in [0.5, 0.6) is 0 Å². The second-order valence-electron chi connectivity index (χ2n) is 5.69. The van der Waals surface area contributed by atoms with Gasteiger partial charge in [-0.1, -0.05) is 27.7 Å². The SMILES string of the molecule is CCC(CC)N(Cc1cc(N)cc(F)c1)CC(C)C. The molecule has 3 heteroatoms. The van der Waals surface area contributed by atoms with Crippen molar-refractivity contribution in [1.82, 2.24) is 4.90 Å². The Morgan fingerprint density at radius 3 is 2.26 bits per heavy atom. The first kappa shape index (κ1) is 16.0. The average molecular weight is 266 g/mol. The van der Waals surface area contributed by atoms with Crippen LogP contribution in [-0.4, -0.2) is 17.5 Å². The van der Waals surface area contributed by atoms with E-state index in [2.05, 4.69) is 32.6 Å². The number of hydrogen-bond donors (Lipinski definition) is 1. The first-order chi connectivity index (χ1) is 8.96. The monoisotopic (exact) mass is 266 g/mol. The zero-order valence-corrected chi connectivity index (χ0v) is 12.6. The molecule has 1 aromatic rings. The maximum atomic E-state index is 13.4. The van der Waals surface area contributed by atoms with Gasteiger partial charge in [0.25, 0.3) is 0 Å². The van der Waals surface area contributed by atoms with Crippen molar-refractivity contribution in [2.45, 2.75) is 53.1 Å². The van der Waals surface area contributed by atoms with Crippen molar-refractivity contribution in [1.29, 1.82) is 0 Å². The Balaban J connectivity index is 2.86. The number of anilines is 1. The number of nitrogen functional groups attached to an aromatic ring is 1. The molecular formula is C16H27FN2. The van der Waals surface area contributed by atoms with E-state index in [1.807, 2.05) is 6.07 Å². The molecule has 0 aliphatic carbocycles. The lowest BCUT2D eigenvalue weighted by Crippen LogP contribution is -2.36. The summed E-state index contributed by atoms with van der Waals surface area (Å²) in [6.07, 6.45) is 2.24. The Hall–Kier alpha value is -1.09. The van der Waals surface area contributed by atoms with Gasteiger partial charge in [0.15, 0.2) is 0 Å². The molecule has 0 fully saturated rings. The van der Waals surface area contributed by atoms with Crippen molar-refractivity contribution in [3.05, 3.63) is 29.6 Å². The molecule has 0 spiro atoms. The average Bonchev–Trinajstić information content (AvgIpc) is 2.28. The number of rotatable bonds is 7. The third-order valence-electron chi connectivity index (χ3n) is 3.42. The van der Waals surface area contributed by atoms with Gasteiger partial charge in [-0.2, -0.15) is 0 Å². The predicted octanol–water partition coefficient (Wildman–Crippen LogP) is 4.05. The largest absolute Gasteiger partial charge is 0.399 e. The van der Waals surface area contributed by atoms with Crippen LogP contribution < -0.4 is 5.73 Å². The summed E-state index contributed by atoms with van der Waals surface area (Å²) in [4.78, 5) is 2.44. The van der Waals surface area contributed by atoms with Crippen molar-refractivity contribution in [3.8, 4) is 0 Å². The first-order valence-electron chi connectivity index (χ1n) is 7.25. The molecule has 0 saturated heterocycles. The molecule has 2 N–H and O–H groups in total. The summed E-state index contributed by atoms with van der Waals surface area (Å²) < 4.78 is 13.4. The van der Waals surface area contributed by atoms with E-state index in [1.54, 1.807) is 6.07 Å². The van der Waals surface area contributed by atoms with Crippen molar-refractivity contribution in [3.63, 3.8) is 0 Å². The normalized spacial score (nSPS) is 11.8. The van der Waals surface area contributed by atoms with Crippen LogP contribution in [0.2, 0.25) is 0 Å². The minimum atomic E-state index is -0.246. The molecule has 0 saturated carbocycles. The molecule has 0 heterocycles. The summed E-state index contributed by atoms with van der Waals surface area (Å²) in [7, 11) is 0. The summed E-state index contributed by atoms with van der Waals surface area (Å²) in [5.74, 6) is 0.357. The Bertz CT molecular complexity index is 366. The molecule has 0 aliphatic rings. The van der Waals surface area contributed by atoms with Gasteiger partial charge in [-0.15, -0.1) is 0 Å². The van der Waals surface area contributed by atoms with E-state index in [1.165, 1.54) is 6.07 Å². The highest BCUT2D eigenvalue weighted by molar-refractivity contribution is 5.41. The van der Waals surface area contributed by atoms with Gasteiger partial charge < -0.3 is 5.73 Å². The molecular weight excluding hydrogens is 239 g/mol. The zero-order chi connectivity index (χ0) is 14.4. The third kappa shape index (κ3) is 5.19. The maximum Gasteiger partial charge on any atom is 0.125 e. The summed E-state index contributed by atoms with van der Waals surface area (Å²) in [6.45, 7) is 10.7. The lowest BCUT2D eigenvalue weighted by molar-refractivity contribution is 0.157. The highest BCUT2D eigenvalue weighted by Crippen LogP contribution is 2.18. The molecule has 108 valence electrons. The standard InChI is InChI=1S/C16H27FN2/c1-5-16(6-2)19(10-12(3)4)11-13-7-14(17)9-15(18)8-13/h7-9,12,16H,5-6,10-11,18H2,1-4H3. The molecule has 0 aromatic heterocycles. The minimum Gasteiger partial charge on any atom is -0.399 e. The topological polar surface area (TPSA) is 29.3 Å². The fourth-order valence-electron chi connectivity index (χ4n) is 2.62. The maximum absolute atomic E-state index is 13.4. The van der Waals surface area contributed by atoms with E-state index in [4.69, 9.17) is 5.73 Å². The molecule has 0 radical (unpaired) electrons. The molecule has 0 aliphatic heterocycles. The highest BCUT2D eigenvalue weighted by Gasteiger charge is 2.17. The fraction of sp³-hybridized carbons (Fsp3) is 0.625. The van der Waals surface area contributed by atoms with Gasteiger partial charge in [0.05, 0.1) is 0 Å². The van der Waals surface area contributed by atoms with Crippen LogP contribution in [0, 0.1) is 11.7 Å². The van der Waals surface area contributed by atoms with Gasteiger partial charge in [-0.3, -0.25) is 4.90 Å². The third-order valence-corrected chi connectivity index (χ3v) is 3.42. The van der Waals surface area contributed by atoms with Crippen molar-refractivity contribution in [2.75, 3.05) is 12.3 Å². The van der Waals surface area contributed by atoms with E-state index >= 15 is 0 Å². The van der Waals surface area contributed by atoms with Crippen LogP contribution in [0.25, 0.3) is 0 Å². The van der Waals surface area contributed by atoms with Gasteiger partial charge in [0.2, 0.25) is 0 Å². The number of hydrogen-bond acceptors (Lipinski definition) is 2. The van der Waals surface area contributed by atoms with Gasteiger partial charge in [0.1, 0.15) is 5.82 Å². The Morgan fingerprint density at radius 2 is 1.79 bits per heavy atom. The first-order valence-corrected chi connectivity index (χ1v) is 7.25. The van der Waals surface area contributed by atoms with Crippen LogP contribution in [0.3, 0.4) is 0 Å². The van der Waals surface area contributed by atoms with Crippen molar-refractivity contribution in [2.24, 2.45) is 5.92 Å². The van der Waals surface area contributed by atoms with E-state index in [-0.39, 0.29) is 5.82 Å². The number of benzene rings is 1. The second-order valence-corrected chi connectivity index (χ2v) is 5.69. The van der Waals surface area contributed by atoms with Crippen molar-refractivity contribution >= 4 is 5.69 Å². The number of nitrogens with zero attached hydrogens (tertiary/aromatic N) is 1. The summed E-state index contributed by atoms with van der Waals surface area (Å²) in [5.41, 5.74) is 7.19. The molecule has 2 nitrogen and oxygen atoms in total. The van der Waals surface area contributed by atoms with E-state index < -0.39 is 0 Å². The Morgan fingerprint density at radius 1 is 1.16 bits per heavy atom. The number of halogens is 1. The van der Waals surface area contributed by atoms with E-state index in [0.717, 1.165) is 31.5 Å². The lowest BCUT2D eigenvalue weighted by atomic mass is 10.1. The van der Waals surface area contributed by atoms with Crippen LogP contribution in [0.15, 0.2) is 18.2 Å². The van der Waals surface area contributed by atoms with E-state index in [0.29, 0.717) is 17.6 Å². The van der Waals surface area contributed by atoms with Gasteiger partial charge in [-0.05, 0) is 42.5 Å². The Labute approximate surface area is 116 Å². The van der Waals surface area contributed by atoms with Crippen LogP contribution in [0.4, 0.5) is 10.1 Å². The molecule has 0 unspecified atom stereocenters. The predicted molar refractivity (Wildman–Crippen MR) is 80.4 cm³/mol. The van der Waals surface area contributed by atoms with E-state index in [9.17, 15) is 4.39 Å². The van der Waals surface area contributed by atoms with Gasteiger partial charge >= 0.3 is 0 Å². The molecule has 19 heavy (non-hydrogen) atoms. The van der Waals surface area contributed by atoms with Crippen molar-refractivity contribution < 1.29 is 4.39 Å². The number of nitrogens with two attached hydrogens (primary N) is 1. The van der Waals surface area contributed by atoms with Crippen LogP contribution in [-0.2, 0) is 6.54 Å². The molecule has 1 aromatic carbocycles. The minimum absolute atomic E-state index is 0.246. The quantitative estimate of drug-likeness (QED) is 0.754. The molecule has 0 amide bonds. The lowest BCUT2D eigenvalue weighted by Gasteiger charge is -2.32. The van der Waals surface area contributed by atoms with Gasteiger partial charge in [0, 0.05) is 24.8 Å². The summed E-state index contributed by atoms with van der Waals surface area (Å²) in [6, 6.07) is 5.38. The van der Waals surface area contributed by atoms with Gasteiger partial charge in [-0.25, -0.2) is 4.39 Å². The zero-order valence-electron chi connectivity index (χ0n) is 12.6. The van der Waals surface area contributed by atoms with Crippen LogP contribution >= 0.6 is 0 Å². The molecule has 0 bridgehead atoms.